The van der Waals surface area contributed by atoms with E-state index in [1.54, 1.807) is 6.20 Å². The molecule has 5 rings (SSSR count). The normalized spacial score (nSPS) is 20.2. The molecule has 186 valence electrons. The Morgan fingerprint density at radius 1 is 0.944 bits per heavy atom. The van der Waals surface area contributed by atoms with E-state index < -0.39 is 0 Å². The smallest absolute Gasteiger partial charge is 0.271 e. The zero-order chi connectivity index (χ0) is 25.1. The van der Waals surface area contributed by atoms with E-state index in [0.717, 1.165) is 61.4 Å². The first-order chi connectivity index (χ1) is 17.5. The second kappa shape index (κ2) is 10.6. The maximum Gasteiger partial charge on any atom is 0.271 e. The van der Waals surface area contributed by atoms with E-state index >= 15 is 0 Å². The maximum atomic E-state index is 13.3. The van der Waals surface area contributed by atoms with Crippen LogP contribution in [0.4, 0.5) is 0 Å². The molecule has 2 aliphatic rings. The number of hydrogen-bond donors (Lipinski definition) is 1. The largest absolute Gasteiger partial charge is 0.344 e. The molecule has 7 nitrogen and oxygen atoms in total. The first kappa shape index (κ1) is 24.1. The molecule has 2 fully saturated rings. The van der Waals surface area contributed by atoms with Crippen LogP contribution in [-0.4, -0.2) is 64.3 Å². The third-order valence-corrected chi connectivity index (χ3v) is 7.58. The minimum atomic E-state index is -0.212. The average molecular weight is 484 g/mol. The summed E-state index contributed by atoms with van der Waals surface area (Å²) >= 11 is 0. The van der Waals surface area contributed by atoms with Gasteiger partial charge in [-0.2, -0.15) is 0 Å². The highest BCUT2D eigenvalue weighted by Gasteiger charge is 2.42. The second-order valence-corrected chi connectivity index (χ2v) is 10.1. The van der Waals surface area contributed by atoms with E-state index in [1.165, 1.54) is 12.4 Å². The van der Waals surface area contributed by atoms with Crippen molar-refractivity contribution in [1.82, 2.24) is 25.1 Å². The van der Waals surface area contributed by atoms with Crippen LogP contribution in [0.3, 0.4) is 0 Å². The summed E-state index contributed by atoms with van der Waals surface area (Å²) in [4.78, 5) is 38.7. The van der Waals surface area contributed by atoms with Crippen LogP contribution in [0.25, 0.3) is 0 Å². The second-order valence-electron chi connectivity index (χ2n) is 10.1. The lowest BCUT2D eigenvalue weighted by molar-refractivity contribution is 0.0772. The molecule has 36 heavy (non-hydrogen) atoms. The first-order valence-corrected chi connectivity index (χ1v) is 12.7. The van der Waals surface area contributed by atoms with E-state index in [1.807, 2.05) is 50.2 Å². The number of amides is 2. The summed E-state index contributed by atoms with van der Waals surface area (Å²) < 4.78 is 0. The predicted molar refractivity (Wildman–Crippen MR) is 139 cm³/mol. The van der Waals surface area contributed by atoms with E-state index in [2.05, 4.69) is 37.2 Å². The molecule has 2 amide bonds. The van der Waals surface area contributed by atoms with E-state index in [0.29, 0.717) is 17.5 Å². The Bertz CT molecular complexity index is 1180. The molecule has 2 aliphatic heterocycles. The molecule has 0 saturated carbocycles. The monoisotopic (exact) mass is 483 g/mol. The van der Waals surface area contributed by atoms with Gasteiger partial charge in [0.05, 0.1) is 12.2 Å². The minimum Gasteiger partial charge on any atom is -0.344 e. The summed E-state index contributed by atoms with van der Waals surface area (Å²) in [6.45, 7) is 8.54. The highest BCUT2D eigenvalue weighted by molar-refractivity contribution is 5.97. The zero-order valence-electron chi connectivity index (χ0n) is 20.9. The molecule has 0 aliphatic carbocycles. The molecule has 2 saturated heterocycles. The van der Waals surface area contributed by atoms with Crippen LogP contribution in [0.2, 0.25) is 0 Å². The number of aryl methyl sites for hydroxylation is 2. The minimum absolute atomic E-state index is 0.108. The van der Waals surface area contributed by atoms with Crippen molar-refractivity contribution < 1.29 is 9.59 Å². The molecule has 2 unspecified atom stereocenters. The Balaban J connectivity index is 1.19. The Kier molecular flexibility index (Phi) is 7.09. The molecule has 1 N–H and O–H groups in total. The standard InChI is InChI=1S/C29H33N5O2/c1-20-7-6-8-21(2)27(20)29(36)34-18-23-16-33(17-24(23)19-34)14-11-25(22-9-4-3-5-10-22)32-28(35)26-15-30-12-13-31-26/h3-10,12-13,15,23-25H,11,14,16-19H2,1-2H3,(H,32,35)/t23-,24?,25?/m0/s1. The molecule has 3 heterocycles. The van der Waals surface area contributed by atoms with Crippen LogP contribution in [-0.2, 0) is 0 Å². The summed E-state index contributed by atoms with van der Waals surface area (Å²) in [6.07, 6.45) is 5.39. The van der Waals surface area contributed by atoms with Crippen molar-refractivity contribution in [3.63, 3.8) is 0 Å². The quantitative estimate of drug-likeness (QED) is 0.555. The fourth-order valence-electron chi connectivity index (χ4n) is 5.72. The Morgan fingerprint density at radius 2 is 1.64 bits per heavy atom. The van der Waals surface area contributed by atoms with E-state index in [-0.39, 0.29) is 17.9 Å². The SMILES string of the molecule is Cc1cccc(C)c1C(=O)N1CC2CN(CCC(NC(=O)c3cnccn3)c3ccccc3)C[C@H]2C1. The number of nitrogens with one attached hydrogen (secondary N) is 1. The fourth-order valence-corrected chi connectivity index (χ4v) is 5.72. The van der Waals surface area contributed by atoms with Gasteiger partial charge in [0.1, 0.15) is 5.69 Å². The summed E-state index contributed by atoms with van der Waals surface area (Å²) in [6, 6.07) is 16.0. The topological polar surface area (TPSA) is 78.4 Å². The van der Waals surface area contributed by atoms with Crippen molar-refractivity contribution in [2.24, 2.45) is 11.8 Å². The number of hydrogen-bond acceptors (Lipinski definition) is 5. The third-order valence-electron chi connectivity index (χ3n) is 7.58. The van der Waals surface area contributed by atoms with Crippen molar-refractivity contribution in [2.75, 3.05) is 32.7 Å². The highest BCUT2D eigenvalue weighted by Crippen LogP contribution is 2.33. The highest BCUT2D eigenvalue weighted by atomic mass is 16.2. The van der Waals surface area contributed by atoms with Crippen molar-refractivity contribution in [3.05, 3.63) is 95.1 Å². The number of fused-ring (bicyclic) bond motifs is 1. The molecule has 2 aromatic carbocycles. The molecule has 3 atom stereocenters. The molecule has 0 radical (unpaired) electrons. The number of benzene rings is 2. The lowest BCUT2D eigenvalue weighted by atomic mass is 10.0. The maximum absolute atomic E-state index is 13.3. The Morgan fingerprint density at radius 3 is 2.28 bits per heavy atom. The summed E-state index contributed by atoms with van der Waals surface area (Å²) in [5.74, 6) is 0.962. The van der Waals surface area contributed by atoms with Gasteiger partial charge in [0.2, 0.25) is 0 Å². The van der Waals surface area contributed by atoms with Gasteiger partial charge in [-0.15, -0.1) is 0 Å². The van der Waals surface area contributed by atoms with Crippen molar-refractivity contribution in [2.45, 2.75) is 26.3 Å². The van der Waals surface area contributed by atoms with Crippen LogP contribution >= 0.6 is 0 Å². The lowest BCUT2D eigenvalue weighted by Gasteiger charge is -2.25. The van der Waals surface area contributed by atoms with Gasteiger partial charge in [0.25, 0.3) is 11.8 Å². The molecule has 0 bridgehead atoms. The number of rotatable bonds is 7. The van der Waals surface area contributed by atoms with Gasteiger partial charge in [-0.3, -0.25) is 14.6 Å². The van der Waals surface area contributed by atoms with Gasteiger partial charge in [-0.05, 0) is 48.8 Å². The molecular formula is C29H33N5O2. The lowest BCUT2D eigenvalue weighted by Crippen LogP contribution is -2.35. The van der Waals surface area contributed by atoms with Crippen LogP contribution in [0, 0.1) is 25.7 Å². The first-order valence-electron chi connectivity index (χ1n) is 12.7. The molecule has 1 aromatic heterocycles. The Labute approximate surface area is 212 Å². The number of aromatic nitrogens is 2. The van der Waals surface area contributed by atoms with Gasteiger partial charge in [0.15, 0.2) is 0 Å². The third kappa shape index (κ3) is 5.16. The van der Waals surface area contributed by atoms with Crippen molar-refractivity contribution >= 4 is 11.8 Å². The predicted octanol–water partition coefficient (Wildman–Crippen LogP) is 3.66. The van der Waals surface area contributed by atoms with Gasteiger partial charge in [-0.1, -0.05) is 48.5 Å². The zero-order valence-corrected chi connectivity index (χ0v) is 20.9. The fraction of sp³-hybridized carbons (Fsp3) is 0.379. The summed E-state index contributed by atoms with van der Waals surface area (Å²) in [7, 11) is 0. The van der Waals surface area contributed by atoms with Gasteiger partial charge < -0.3 is 15.1 Å². The van der Waals surface area contributed by atoms with Crippen LogP contribution in [0.5, 0.6) is 0 Å². The van der Waals surface area contributed by atoms with E-state index in [9.17, 15) is 9.59 Å². The summed E-state index contributed by atoms with van der Waals surface area (Å²) in [5, 5.41) is 3.15. The number of carbonyl (C=O) groups is 2. The van der Waals surface area contributed by atoms with Crippen molar-refractivity contribution in [3.8, 4) is 0 Å². The van der Waals surface area contributed by atoms with Gasteiger partial charge in [-0.25, -0.2) is 4.98 Å². The number of nitrogens with zero attached hydrogens (tertiary/aromatic N) is 4. The van der Waals surface area contributed by atoms with Crippen LogP contribution in [0.15, 0.2) is 67.1 Å². The van der Waals surface area contributed by atoms with Gasteiger partial charge >= 0.3 is 0 Å². The number of carbonyl (C=O) groups excluding carboxylic acids is 2. The van der Waals surface area contributed by atoms with Crippen LogP contribution < -0.4 is 5.32 Å². The van der Waals surface area contributed by atoms with Gasteiger partial charge in [0, 0.05) is 50.7 Å². The summed E-state index contributed by atoms with van der Waals surface area (Å²) in [5.41, 5.74) is 4.37. The number of likely N-dealkylation sites (tertiary alicyclic amines) is 2. The molecular weight excluding hydrogens is 450 g/mol. The van der Waals surface area contributed by atoms with Crippen molar-refractivity contribution in [1.29, 1.82) is 0 Å². The van der Waals surface area contributed by atoms with E-state index in [4.69, 9.17) is 0 Å². The van der Waals surface area contributed by atoms with Crippen LogP contribution in [0.1, 0.15) is 50.0 Å². The molecule has 3 aromatic rings. The molecule has 7 heteroatoms. The Hall–Kier alpha value is -3.58. The molecule has 0 spiro atoms. The average Bonchev–Trinajstić information content (AvgIpc) is 3.46.